The standard InChI is InChI=1S/C12H22O5S/c1-18(13,14)17-8-7-12(15-9-10-16-12)11-5-3-2-4-6-11/h11H,2-10H2,1H3. The first-order valence-electron chi connectivity index (χ1n) is 6.64. The van der Waals surface area contributed by atoms with Crippen molar-refractivity contribution in [2.45, 2.75) is 44.3 Å². The zero-order valence-electron chi connectivity index (χ0n) is 10.9. The smallest absolute Gasteiger partial charge is 0.264 e. The molecule has 18 heavy (non-hydrogen) atoms. The van der Waals surface area contributed by atoms with Gasteiger partial charge in [0, 0.05) is 12.3 Å². The maximum absolute atomic E-state index is 11.0. The highest BCUT2D eigenvalue weighted by atomic mass is 32.2. The van der Waals surface area contributed by atoms with Crippen molar-refractivity contribution in [3.8, 4) is 0 Å². The summed E-state index contributed by atoms with van der Waals surface area (Å²) in [4.78, 5) is 0. The fraction of sp³-hybridized carbons (Fsp3) is 1.00. The van der Waals surface area contributed by atoms with Crippen molar-refractivity contribution in [2.75, 3.05) is 26.1 Å². The van der Waals surface area contributed by atoms with Gasteiger partial charge in [-0.05, 0) is 12.8 Å². The van der Waals surface area contributed by atoms with E-state index in [0.29, 0.717) is 25.6 Å². The summed E-state index contributed by atoms with van der Waals surface area (Å²) in [5.74, 6) is -0.234. The van der Waals surface area contributed by atoms with Gasteiger partial charge in [0.05, 0.1) is 26.1 Å². The maximum atomic E-state index is 11.0. The molecule has 0 spiro atoms. The fourth-order valence-electron chi connectivity index (χ4n) is 2.93. The third kappa shape index (κ3) is 3.66. The zero-order valence-corrected chi connectivity index (χ0v) is 11.7. The Bertz CT molecular complexity index is 353. The molecule has 2 fully saturated rings. The van der Waals surface area contributed by atoms with Gasteiger partial charge >= 0.3 is 0 Å². The molecule has 1 saturated heterocycles. The summed E-state index contributed by atoms with van der Waals surface area (Å²) < 4.78 is 38.4. The second-order valence-electron chi connectivity index (χ2n) is 5.12. The van der Waals surface area contributed by atoms with Crippen LogP contribution < -0.4 is 0 Å². The van der Waals surface area contributed by atoms with E-state index in [2.05, 4.69) is 0 Å². The summed E-state index contributed by atoms with van der Waals surface area (Å²) in [5.41, 5.74) is 0. The Balaban J connectivity index is 1.93. The third-order valence-electron chi connectivity index (χ3n) is 3.75. The highest BCUT2D eigenvalue weighted by Crippen LogP contribution is 2.40. The van der Waals surface area contributed by atoms with E-state index >= 15 is 0 Å². The van der Waals surface area contributed by atoms with Crippen LogP contribution in [0.3, 0.4) is 0 Å². The first kappa shape index (κ1) is 14.2. The van der Waals surface area contributed by atoms with Gasteiger partial charge in [-0.25, -0.2) is 0 Å². The molecule has 0 atom stereocenters. The molecular weight excluding hydrogens is 256 g/mol. The summed E-state index contributed by atoms with van der Waals surface area (Å²) >= 11 is 0. The Labute approximate surface area is 109 Å². The molecule has 0 radical (unpaired) electrons. The van der Waals surface area contributed by atoms with Gasteiger partial charge in [-0.3, -0.25) is 4.18 Å². The Kier molecular flexibility index (Phi) is 4.64. The Morgan fingerprint density at radius 1 is 1.17 bits per heavy atom. The van der Waals surface area contributed by atoms with E-state index < -0.39 is 15.9 Å². The van der Waals surface area contributed by atoms with Crippen LogP contribution in [0.2, 0.25) is 0 Å². The lowest BCUT2D eigenvalue weighted by atomic mass is 9.82. The average Bonchev–Trinajstić information content (AvgIpc) is 2.79. The average molecular weight is 278 g/mol. The SMILES string of the molecule is CS(=O)(=O)OCCC1(C2CCCCC2)OCCO1. The molecule has 0 unspecified atom stereocenters. The molecule has 0 bridgehead atoms. The van der Waals surface area contributed by atoms with E-state index in [1.54, 1.807) is 0 Å². The number of hydrogen-bond donors (Lipinski definition) is 0. The molecule has 6 heteroatoms. The minimum atomic E-state index is -3.38. The van der Waals surface area contributed by atoms with E-state index in [9.17, 15) is 8.42 Å². The van der Waals surface area contributed by atoms with Crippen LogP contribution in [0.25, 0.3) is 0 Å². The van der Waals surface area contributed by atoms with Crippen molar-refractivity contribution in [1.29, 1.82) is 0 Å². The first-order valence-corrected chi connectivity index (χ1v) is 8.46. The number of rotatable bonds is 5. The van der Waals surface area contributed by atoms with Gasteiger partial charge in [0.15, 0.2) is 5.79 Å². The molecular formula is C12H22O5S. The molecule has 2 aliphatic rings. The summed E-state index contributed by atoms with van der Waals surface area (Å²) in [6, 6.07) is 0. The molecule has 1 aliphatic carbocycles. The van der Waals surface area contributed by atoms with E-state index in [1.807, 2.05) is 0 Å². The quantitative estimate of drug-likeness (QED) is 0.716. The van der Waals surface area contributed by atoms with Gasteiger partial charge < -0.3 is 9.47 Å². The molecule has 106 valence electrons. The van der Waals surface area contributed by atoms with Crippen LogP contribution in [0, 0.1) is 5.92 Å². The molecule has 5 nitrogen and oxygen atoms in total. The molecule has 2 rings (SSSR count). The predicted octanol–water partition coefficient (Wildman–Crippen LogP) is 1.68. The molecule has 1 heterocycles. The summed E-state index contributed by atoms with van der Waals surface area (Å²) in [6.45, 7) is 1.32. The normalized spacial score (nSPS) is 25.4. The van der Waals surface area contributed by atoms with Crippen LogP contribution in [0.15, 0.2) is 0 Å². The van der Waals surface area contributed by atoms with Crippen molar-refractivity contribution >= 4 is 10.1 Å². The van der Waals surface area contributed by atoms with E-state index in [-0.39, 0.29) is 6.61 Å². The lowest BCUT2D eigenvalue weighted by Crippen LogP contribution is -2.41. The summed E-state index contributed by atoms with van der Waals surface area (Å²) in [7, 11) is -3.38. The van der Waals surface area contributed by atoms with Crippen molar-refractivity contribution in [1.82, 2.24) is 0 Å². The number of hydrogen-bond acceptors (Lipinski definition) is 5. The van der Waals surface area contributed by atoms with Gasteiger partial charge in [0.2, 0.25) is 0 Å². The van der Waals surface area contributed by atoms with E-state index in [4.69, 9.17) is 13.7 Å². The summed E-state index contributed by atoms with van der Waals surface area (Å²) in [5, 5.41) is 0. The maximum Gasteiger partial charge on any atom is 0.264 e. The molecule has 0 aromatic carbocycles. The molecule has 0 aromatic rings. The Hall–Kier alpha value is -0.170. The van der Waals surface area contributed by atoms with Crippen LogP contribution in [0.4, 0.5) is 0 Å². The highest BCUT2D eigenvalue weighted by Gasteiger charge is 2.44. The predicted molar refractivity (Wildman–Crippen MR) is 66.6 cm³/mol. The lowest BCUT2D eigenvalue weighted by molar-refractivity contribution is -0.209. The van der Waals surface area contributed by atoms with E-state index in [1.165, 1.54) is 19.3 Å². The molecule has 0 aromatic heterocycles. The van der Waals surface area contributed by atoms with Crippen LogP contribution in [-0.4, -0.2) is 40.3 Å². The molecule has 0 amide bonds. The monoisotopic (exact) mass is 278 g/mol. The largest absolute Gasteiger partial charge is 0.347 e. The van der Waals surface area contributed by atoms with Crippen LogP contribution in [-0.2, 0) is 23.8 Å². The molecule has 0 N–H and O–H groups in total. The Morgan fingerprint density at radius 2 is 1.78 bits per heavy atom. The van der Waals surface area contributed by atoms with Crippen molar-refractivity contribution in [2.24, 2.45) is 5.92 Å². The van der Waals surface area contributed by atoms with Crippen LogP contribution in [0.5, 0.6) is 0 Å². The third-order valence-corrected chi connectivity index (χ3v) is 4.35. The number of ether oxygens (including phenoxy) is 2. The summed E-state index contributed by atoms with van der Waals surface area (Å²) in [6.07, 6.45) is 7.42. The minimum Gasteiger partial charge on any atom is -0.347 e. The van der Waals surface area contributed by atoms with Gasteiger partial charge in [-0.15, -0.1) is 0 Å². The second-order valence-corrected chi connectivity index (χ2v) is 6.76. The molecule has 1 saturated carbocycles. The van der Waals surface area contributed by atoms with Crippen LogP contribution in [0.1, 0.15) is 38.5 Å². The van der Waals surface area contributed by atoms with Crippen molar-refractivity contribution in [3.05, 3.63) is 0 Å². The van der Waals surface area contributed by atoms with Gasteiger partial charge in [-0.1, -0.05) is 19.3 Å². The first-order chi connectivity index (χ1) is 8.52. The lowest BCUT2D eigenvalue weighted by Gasteiger charge is -2.37. The van der Waals surface area contributed by atoms with E-state index in [0.717, 1.165) is 19.1 Å². The van der Waals surface area contributed by atoms with Gasteiger partial charge in [0.25, 0.3) is 10.1 Å². The Morgan fingerprint density at radius 3 is 2.33 bits per heavy atom. The van der Waals surface area contributed by atoms with Crippen molar-refractivity contribution in [3.63, 3.8) is 0 Å². The van der Waals surface area contributed by atoms with Gasteiger partial charge in [0.1, 0.15) is 0 Å². The topological polar surface area (TPSA) is 61.8 Å². The zero-order chi connectivity index (χ0) is 13.1. The fourth-order valence-corrected chi connectivity index (χ4v) is 3.32. The second kappa shape index (κ2) is 5.86. The minimum absolute atomic E-state index is 0.134. The highest BCUT2D eigenvalue weighted by molar-refractivity contribution is 7.85. The van der Waals surface area contributed by atoms with Crippen molar-refractivity contribution < 1.29 is 22.1 Å². The van der Waals surface area contributed by atoms with Crippen LogP contribution >= 0.6 is 0 Å². The molecule has 1 aliphatic heterocycles. The van der Waals surface area contributed by atoms with Gasteiger partial charge in [-0.2, -0.15) is 8.42 Å².